The van der Waals surface area contributed by atoms with Crippen LogP contribution in [-0.2, 0) is 27.0 Å². The molecule has 0 fully saturated rings. The smallest absolute Gasteiger partial charge is 0.236 e. The van der Waals surface area contributed by atoms with Gasteiger partial charge in [-0.1, -0.05) is 42.0 Å². The second-order valence-corrected chi connectivity index (χ2v) is 6.91. The van der Waals surface area contributed by atoms with Crippen molar-refractivity contribution in [3.8, 4) is 0 Å². The van der Waals surface area contributed by atoms with E-state index in [1.54, 1.807) is 30.3 Å². The van der Waals surface area contributed by atoms with E-state index in [4.69, 9.17) is 5.73 Å². The van der Waals surface area contributed by atoms with Gasteiger partial charge in [-0.3, -0.25) is 9.52 Å². The molecule has 0 spiro atoms. The molecule has 0 heterocycles. The van der Waals surface area contributed by atoms with E-state index in [-0.39, 0.29) is 12.2 Å². The molecule has 2 aromatic rings. The number of aryl methyl sites for hydroxylation is 1. The molecule has 0 aromatic heterocycles. The maximum Gasteiger partial charge on any atom is 0.236 e. The van der Waals surface area contributed by atoms with Gasteiger partial charge in [-0.15, -0.1) is 0 Å². The first-order valence-electron chi connectivity index (χ1n) is 6.77. The molecule has 0 atom stereocenters. The van der Waals surface area contributed by atoms with Gasteiger partial charge in [0.05, 0.1) is 12.2 Å². The van der Waals surface area contributed by atoms with Gasteiger partial charge in [0, 0.05) is 5.69 Å². The highest BCUT2D eigenvalue weighted by Crippen LogP contribution is 2.15. The first kappa shape index (κ1) is 16.0. The van der Waals surface area contributed by atoms with Gasteiger partial charge in [0.2, 0.25) is 15.9 Å². The van der Waals surface area contributed by atoms with Gasteiger partial charge in [0.15, 0.2) is 0 Å². The molecular weight excluding hydrogens is 300 g/mol. The highest BCUT2D eigenvalue weighted by Gasteiger charge is 2.12. The van der Waals surface area contributed by atoms with Crippen LogP contribution in [0.25, 0.3) is 0 Å². The number of carbonyl (C=O) groups excluding carboxylic acids is 1. The van der Waals surface area contributed by atoms with Crippen LogP contribution in [0.5, 0.6) is 0 Å². The predicted molar refractivity (Wildman–Crippen MR) is 86.8 cm³/mol. The maximum absolute atomic E-state index is 12.2. The minimum absolute atomic E-state index is 0.0856. The normalized spacial score (nSPS) is 11.1. The Morgan fingerprint density at radius 2 is 1.77 bits per heavy atom. The Balaban J connectivity index is 2.06. The third-order valence-corrected chi connectivity index (χ3v) is 4.30. The van der Waals surface area contributed by atoms with Crippen LogP contribution in [0, 0.1) is 6.92 Å². The minimum Gasteiger partial charge on any atom is -0.369 e. The molecule has 1 amide bonds. The molecular formula is C16H18N2O3S. The lowest BCUT2D eigenvalue weighted by Crippen LogP contribution is -2.15. The fourth-order valence-corrected chi connectivity index (χ4v) is 3.31. The van der Waals surface area contributed by atoms with Gasteiger partial charge in [-0.05, 0) is 30.2 Å². The van der Waals surface area contributed by atoms with Crippen LogP contribution in [0.4, 0.5) is 5.69 Å². The van der Waals surface area contributed by atoms with Crippen molar-refractivity contribution < 1.29 is 13.2 Å². The lowest BCUT2D eigenvalue weighted by molar-refractivity contribution is -0.117. The number of hydrogen-bond donors (Lipinski definition) is 2. The largest absolute Gasteiger partial charge is 0.369 e. The van der Waals surface area contributed by atoms with E-state index in [0.717, 1.165) is 16.7 Å². The summed E-state index contributed by atoms with van der Waals surface area (Å²) in [4.78, 5) is 10.8. The van der Waals surface area contributed by atoms with Gasteiger partial charge in [0.1, 0.15) is 0 Å². The molecule has 0 unspecified atom stereocenters. The second kappa shape index (κ2) is 6.62. The second-order valence-electron chi connectivity index (χ2n) is 5.19. The Hall–Kier alpha value is -2.34. The molecule has 0 bridgehead atoms. The van der Waals surface area contributed by atoms with Crippen molar-refractivity contribution in [1.82, 2.24) is 0 Å². The zero-order chi connectivity index (χ0) is 16.2. The summed E-state index contributed by atoms with van der Waals surface area (Å²) < 4.78 is 26.8. The number of benzene rings is 2. The molecule has 0 radical (unpaired) electrons. The molecule has 5 nitrogen and oxygen atoms in total. The summed E-state index contributed by atoms with van der Waals surface area (Å²) in [5, 5.41) is 0. The van der Waals surface area contributed by atoms with E-state index in [0.29, 0.717) is 5.69 Å². The van der Waals surface area contributed by atoms with Crippen LogP contribution in [0.2, 0.25) is 0 Å². The highest BCUT2D eigenvalue weighted by molar-refractivity contribution is 7.91. The quantitative estimate of drug-likeness (QED) is 0.853. The highest BCUT2D eigenvalue weighted by atomic mass is 32.2. The lowest BCUT2D eigenvalue weighted by Gasteiger charge is -2.09. The van der Waals surface area contributed by atoms with E-state index >= 15 is 0 Å². The Labute approximate surface area is 130 Å². The Bertz CT molecular complexity index is 768. The van der Waals surface area contributed by atoms with Gasteiger partial charge >= 0.3 is 0 Å². The molecule has 2 aromatic carbocycles. The molecule has 3 N–H and O–H groups in total. The first-order chi connectivity index (χ1) is 10.3. The molecule has 0 saturated heterocycles. The average molecular weight is 318 g/mol. The minimum atomic E-state index is -3.48. The van der Waals surface area contributed by atoms with Crippen molar-refractivity contribution in [2.45, 2.75) is 19.1 Å². The molecule has 0 saturated carbocycles. The molecule has 0 aliphatic heterocycles. The van der Waals surface area contributed by atoms with Crippen LogP contribution in [0.1, 0.15) is 16.7 Å². The number of sulfonamides is 1. The number of nitrogens with two attached hydrogens (primary N) is 1. The molecule has 6 heteroatoms. The fraction of sp³-hybridized carbons (Fsp3) is 0.188. The summed E-state index contributed by atoms with van der Waals surface area (Å²) in [6.45, 7) is 1.92. The molecule has 116 valence electrons. The van der Waals surface area contributed by atoms with Crippen LogP contribution in [0.15, 0.2) is 48.5 Å². The van der Waals surface area contributed by atoms with Gasteiger partial charge < -0.3 is 5.73 Å². The van der Waals surface area contributed by atoms with Crippen LogP contribution < -0.4 is 10.5 Å². The molecule has 0 aliphatic rings. The van der Waals surface area contributed by atoms with E-state index in [1.165, 1.54) is 0 Å². The summed E-state index contributed by atoms with van der Waals surface area (Å²) in [5.74, 6) is -0.509. The van der Waals surface area contributed by atoms with Crippen molar-refractivity contribution in [2.75, 3.05) is 4.72 Å². The van der Waals surface area contributed by atoms with Crippen LogP contribution in [0.3, 0.4) is 0 Å². The SMILES string of the molecule is Cc1cccc(CS(=O)(=O)Nc2ccc(CC(N)=O)cc2)c1. The van der Waals surface area contributed by atoms with Gasteiger partial charge in [-0.25, -0.2) is 8.42 Å². The average Bonchev–Trinajstić information content (AvgIpc) is 2.39. The van der Waals surface area contributed by atoms with E-state index < -0.39 is 15.9 Å². The lowest BCUT2D eigenvalue weighted by atomic mass is 10.1. The van der Waals surface area contributed by atoms with Crippen molar-refractivity contribution in [3.63, 3.8) is 0 Å². The number of hydrogen-bond acceptors (Lipinski definition) is 3. The van der Waals surface area contributed by atoms with Crippen molar-refractivity contribution in [1.29, 1.82) is 0 Å². The summed E-state index contributed by atoms with van der Waals surface area (Å²) in [7, 11) is -3.48. The zero-order valence-corrected chi connectivity index (χ0v) is 13.1. The predicted octanol–water partition coefficient (Wildman–Crippen LogP) is 1.96. The van der Waals surface area contributed by atoms with Gasteiger partial charge in [-0.2, -0.15) is 0 Å². The number of rotatable bonds is 6. The molecule has 2 rings (SSSR count). The van der Waals surface area contributed by atoms with Crippen molar-refractivity contribution in [2.24, 2.45) is 5.73 Å². The van der Waals surface area contributed by atoms with Crippen molar-refractivity contribution in [3.05, 3.63) is 65.2 Å². The molecule has 0 aliphatic carbocycles. The maximum atomic E-state index is 12.2. The number of anilines is 1. The Kier molecular flexibility index (Phi) is 4.82. The van der Waals surface area contributed by atoms with E-state index in [2.05, 4.69) is 4.72 Å². The number of primary amides is 1. The third-order valence-electron chi connectivity index (χ3n) is 3.04. The van der Waals surface area contributed by atoms with Crippen LogP contribution in [-0.4, -0.2) is 14.3 Å². The summed E-state index contributed by atoms with van der Waals surface area (Å²) in [6, 6.07) is 14.0. The number of amides is 1. The Morgan fingerprint density at radius 1 is 1.09 bits per heavy atom. The first-order valence-corrected chi connectivity index (χ1v) is 8.42. The van der Waals surface area contributed by atoms with Crippen molar-refractivity contribution >= 4 is 21.6 Å². The summed E-state index contributed by atoms with van der Waals surface area (Å²) >= 11 is 0. The summed E-state index contributed by atoms with van der Waals surface area (Å²) in [6.07, 6.45) is 0.135. The van der Waals surface area contributed by atoms with E-state index in [9.17, 15) is 13.2 Å². The standard InChI is InChI=1S/C16H18N2O3S/c1-12-3-2-4-14(9-12)11-22(20,21)18-15-7-5-13(6-8-15)10-16(17)19/h2-9,18H,10-11H2,1H3,(H2,17,19). The fourth-order valence-electron chi connectivity index (χ4n) is 2.13. The Morgan fingerprint density at radius 3 is 2.36 bits per heavy atom. The number of carbonyl (C=O) groups is 1. The van der Waals surface area contributed by atoms with E-state index in [1.807, 2.05) is 25.1 Å². The third kappa shape index (κ3) is 4.89. The number of nitrogens with one attached hydrogen (secondary N) is 1. The topological polar surface area (TPSA) is 89.3 Å². The monoisotopic (exact) mass is 318 g/mol. The van der Waals surface area contributed by atoms with Crippen LogP contribution >= 0.6 is 0 Å². The zero-order valence-electron chi connectivity index (χ0n) is 12.2. The summed E-state index contributed by atoms with van der Waals surface area (Å²) in [5.41, 5.74) is 8.07. The van der Waals surface area contributed by atoms with Gasteiger partial charge in [0.25, 0.3) is 0 Å². The molecule has 22 heavy (non-hydrogen) atoms.